The van der Waals surface area contributed by atoms with Crippen molar-refractivity contribution in [3.63, 3.8) is 0 Å². The summed E-state index contributed by atoms with van der Waals surface area (Å²) in [4.78, 5) is 6.57. The fourth-order valence-corrected chi connectivity index (χ4v) is 5.91. The molecule has 0 amide bonds. The summed E-state index contributed by atoms with van der Waals surface area (Å²) in [6.45, 7) is 6.01. The maximum absolute atomic E-state index is 12.7. The van der Waals surface area contributed by atoms with E-state index in [0.29, 0.717) is 16.5 Å². The number of anilines is 1. The first-order valence-electron chi connectivity index (χ1n) is 7.51. The summed E-state index contributed by atoms with van der Waals surface area (Å²) in [6.07, 6.45) is 0. The largest absolute Gasteiger partial charge is 0.280 e. The average molecular weight is 379 g/mol. The summed E-state index contributed by atoms with van der Waals surface area (Å²) in [7, 11) is -3.60. The van der Waals surface area contributed by atoms with Gasteiger partial charge in [-0.05, 0) is 31.0 Å². The van der Waals surface area contributed by atoms with E-state index < -0.39 is 10.0 Å². The minimum absolute atomic E-state index is 0.313. The molecule has 2 heterocycles. The van der Waals surface area contributed by atoms with Crippen molar-refractivity contribution in [1.29, 1.82) is 0 Å². The Morgan fingerprint density at radius 3 is 2.50 bits per heavy atom. The Bertz CT molecular complexity index is 941. The van der Waals surface area contributed by atoms with Gasteiger partial charge in [-0.3, -0.25) is 4.72 Å². The predicted octanol–water partition coefficient (Wildman–Crippen LogP) is 5.10. The lowest BCUT2D eigenvalue weighted by Crippen LogP contribution is -2.12. The van der Waals surface area contributed by atoms with Gasteiger partial charge in [-0.25, -0.2) is 13.4 Å². The zero-order valence-electron chi connectivity index (χ0n) is 13.6. The van der Waals surface area contributed by atoms with E-state index >= 15 is 0 Å². The fourth-order valence-electron chi connectivity index (χ4n) is 2.22. The number of hydrogen-bond acceptors (Lipinski definition) is 5. The monoisotopic (exact) mass is 378 g/mol. The molecule has 4 nitrogen and oxygen atoms in total. The second-order valence-electron chi connectivity index (χ2n) is 5.73. The van der Waals surface area contributed by atoms with Crippen LogP contribution in [0.4, 0.5) is 5.69 Å². The Balaban J connectivity index is 1.93. The highest BCUT2D eigenvalue weighted by molar-refractivity contribution is 7.93. The van der Waals surface area contributed by atoms with Crippen LogP contribution in [0.3, 0.4) is 0 Å². The number of aryl methyl sites for hydroxylation is 1. The first kappa shape index (κ1) is 17.1. The molecule has 0 atom stereocenters. The van der Waals surface area contributed by atoms with E-state index in [9.17, 15) is 8.42 Å². The van der Waals surface area contributed by atoms with E-state index in [4.69, 9.17) is 0 Å². The molecule has 0 unspecified atom stereocenters. The number of thiazole rings is 1. The van der Waals surface area contributed by atoms with Gasteiger partial charge in [0.25, 0.3) is 10.0 Å². The van der Waals surface area contributed by atoms with Crippen LogP contribution in [0, 0.1) is 6.92 Å². The van der Waals surface area contributed by atoms with Crippen LogP contribution < -0.4 is 4.72 Å². The van der Waals surface area contributed by atoms with E-state index in [0.717, 1.165) is 20.5 Å². The lowest BCUT2D eigenvalue weighted by atomic mass is 10.2. The third-order valence-electron chi connectivity index (χ3n) is 3.51. The minimum atomic E-state index is -3.60. The summed E-state index contributed by atoms with van der Waals surface area (Å²) in [5, 5.41) is 2.90. The first-order chi connectivity index (χ1) is 11.4. The van der Waals surface area contributed by atoms with E-state index in [-0.39, 0.29) is 0 Å². The number of nitrogens with one attached hydrogen (secondary N) is 1. The Morgan fingerprint density at radius 2 is 1.88 bits per heavy atom. The molecule has 126 valence electrons. The molecule has 0 fully saturated rings. The molecule has 0 aliphatic rings. The summed E-state index contributed by atoms with van der Waals surface area (Å²) >= 11 is 3.01. The summed E-state index contributed by atoms with van der Waals surface area (Å²) in [6, 6.07) is 10.6. The Kier molecular flexibility index (Phi) is 4.76. The maximum atomic E-state index is 12.7. The smallest absolute Gasteiger partial charge is 0.263 e. The normalized spacial score (nSPS) is 11.8. The third-order valence-corrected chi connectivity index (χ3v) is 7.23. The standard InChI is InChI=1S/C17H18N2O2S3/c1-11(2)14-10-22-17(18-14)15-9-16(12(3)23-15)24(20,21)19-13-7-5-4-6-8-13/h4-11,19H,1-3H3. The molecule has 7 heteroatoms. The molecular weight excluding hydrogens is 360 g/mol. The number of aromatic nitrogens is 1. The molecule has 0 saturated carbocycles. The van der Waals surface area contributed by atoms with Crippen molar-refractivity contribution in [3.05, 3.63) is 52.3 Å². The van der Waals surface area contributed by atoms with Crippen molar-refractivity contribution in [2.45, 2.75) is 31.6 Å². The number of nitrogens with zero attached hydrogens (tertiary/aromatic N) is 1. The zero-order valence-corrected chi connectivity index (χ0v) is 16.1. The highest BCUT2D eigenvalue weighted by Crippen LogP contribution is 2.36. The van der Waals surface area contributed by atoms with Gasteiger partial charge in [0.2, 0.25) is 0 Å². The number of sulfonamides is 1. The first-order valence-corrected chi connectivity index (χ1v) is 10.7. The van der Waals surface area contributed by atoms with E-state index in [1.165, 1.54) is 11.3 Å². The van der Waals surface area contributed by atoms with Crippen LogP contribution in [-0.4, -0.2) is 13.4 Å². The third kappa shape index (κ3) is 3.53. The summed E-state index contributed by atoms with van der Waals surface area (Å²) < 4.78 is 27.9. The van der Waals surface area contributed by atoms with Gasteiger partial charge in [-0.15, -0.1) is 22.7 Å². The van der Waals surface area contributed by atoms with Crippen LogP contribution in [0.2, 0.25) is 0 Å². The predicted molar refractivity (Wildman–Crippen MR) is 102 cm³/mol. The molecule has 24 heavy (non-hydrogen) atoms. The number of benzene rings is 1. The maximum Gasteiger partial charge on any atom is 0.263 e. The molecule has 1 aromatic carbocycles. The highest BCUT2D eigenvalue weighted by Gasteiger charge is 2.21. The Morgan fingerprint density at radius 1 is 1.17 bits per heavy atom. The lowest BCUT2D eigenvalue weighted by molar-refractivity contribution is 0.601. The quantitative estimate of drug-likeness (QED) is 0.671. The van der Waals surface area contributed by atoms with Crippen molar-refractivity contribution in [2.24, 2.45) is 0 Å². The molecule has 2 aromatic heterocycles. The van der Waals surface area contributed by atoms with Crippen LogP contribution in [0.15, 0.2) is 46.7 Å². The molecule has 0 aliphatic heterocycles. The van der Waals surface area contributed by atoms with Crippen LogP contribution in [0.1, 0.15) is 30.3 Å². The molecule has 0 bridgehead atoms. The van der Waals surface area contributed by atoms with Crippen LogP contribution in [-0.2, 0) is 10.0 Å². The molecule has 3 aromatic rings. The SMILES string of the molecule is Cc1sc(-c2nc(C(C)C)cs2)cc1S(=O)(=O)Nc1ccccc1. The van der Waals surface area contributed by atoms with E-state index in [1.807, 2.05) is 18.4 Å². The van der Waals surface area contributed by atoms with Crippen LogP contribution >= 0.6 is 22.7 Å². The highest BCUT2D eigenvalue weighted by atomic mass is 32.2. The van der Waals surface area contributed by atoms with Gasteiger partial charge in [0.05, 0.1) is 10.6 Å². The fraction of sp³-hybridized carbons (Fsp3) is 0.235. The number of para-hydroxylation sites is 1. The van der Waals surface area contributed by atoms with Gasteiger partial charge in [-0.1, -0.05) is 32.0 Å². The van der Waals surface area contributed by atoms with Crippen molar-refractivity contribution in [2.75, 3.05) is 4.72 Å². The van der Waals surface area contributed by atoms with Gasteiger partial charge in [0.1, 0.15) is 9.90 Å². The van der Waals surface area contributed by atoms with Crippen molar-refractivity contribution in [3.8, 4) is 9.88 Å². The number of thiophene rings is 1. The van der Waals surface area contributed by atoms with Crippen LogP contribution in [0.5, 0.6) is 0 Å². The lowest BCUT2D eigenvalue weighted by Gasteiger charge is -2.06. The summed E-state index contributed by atoms with van der Waals surface area (Å²) in [5.41, 5.74) is 1.59. The Hall–Kier alpha value is -1.70. The topological polar surface area (TPSA) is 59.1 Å². The molecule has 0 aliphatic carbocycles. The zero-order chi connectivity index (χ0) is 17.3. The molecule has 0 radical (unpaired) electrons. The van der Waals surface area contributed by atoms with Crippen molar-refractivity contribution >= 4 is 38.4 Å². The Labute approximate surface area is 150 Å². The molecular formula is C17H18N2O2S3. The second kappa shape index (κ2) is 6.66. The summed E-state index contributed by atoms with van der Waals surface area (Å²) in [5.74, 6) is 0.360. The second-order valence-corrected chi connectivity index (χ2v) is 9.50. The number of hydrogen-bond donors (Lipinski definition) is 1. The van der Waals surface area contributed by atoms with E-state index in [1.54, 1.807) is 41.7 Å². The van der Waals surface area contributed by atoms with E-state index in [2.05, 4.69) is 23.6 Å². The van der Waals surface area contributed by atoms with Crippen molar-refractivity contribution in [1.82, 2.24) is 4.98 Å². The van der Waals surface area contributed by atoms with Gasteiger partial charge in [-0.2, -0.15) is 0 Å². The van der Waals surface area contributed by atoms with Crippen LogP contribution in [0.25, 0.3) is 9.88 Å². The van der Waals surface area contributed by atoms with Gasteiger partial charge < -0.3 is 0 Å². The van der Waals surface area contributed by atoms with Gasteiger partial charge in [0.15, 0.2) is 0 Å². The van der Waals surface area contributed by atoms with Gasteiger partial charge >= 0.3 is 0 Å². The molecule has 3 rings (SSSR count). The number of rotatable bonds is 5. The molecule has 0 saturated heterocycles. The minimum Gasteiger partial charge on any atom is -0.280 e. The molecule has 0 spiro atoms. The van der Waals surface area contributed by atoms with Crippen molar-refractivity contribution < 1.29 is 8.42 Å². The average Bonchev–Trinajstić information content (AvgIpc) is 3.14. The van der Waals surface area contributed by atoms with Gasteiger partial charge in [0, 0.05) is 15.9 Å². The molecule has 1 N–H and O–H groups in total.